The number of halogens is 1. The smallest absolute Gasteiger partial charge is 0.419 e. The number of hydrogen-bond acceptors (Lipinski definition) is 3. The first-order chi connectivity index (χ1) is 11.1. The molecule has 6 heteroatoms. The summed E-state index contributed by atoms with van der Waals surface area (Å²) in [5, 5.41) is 0. The molecule has 0 aliphatic rings. The SMILES string of the molecule is C[Si](C)(C)C#C[I+]c1ccccc1.Cc1ccc(S(=O)(=O)[O-])cc1. The highest BCUT2D eigenvalue weighted by Crippen LogP contribution is 2.08. The summed E-state index contributed by atoms with van der Waals surface area (Å²) in [5.41, 5.74) is 4.34. The lowest BCUT2D eigenvalue weighted by atomic mass is 10.2. The maximum Gasteiger partial charge on any atom is 0.419 e. The van der Waals surface area contributed by atoms with Crippen molar-refractivity contribution in [1.82, 2.24) is 0 Å². The predicted octanol–water partition coefficient (Wildman–Crippen LogP) is 0.683. The van der Waals surface area contributed by atoms with Crippen LogP contribution in [0.5, 0.6) is 0 Å². The summed E-state index contributed by atoms with van der Waals surface area (Å²) < 4.78 is 36.0. The van der Waals surface area contributed by atoms with E-state index in [-0.39, 0.29) is 26.1 Å². The lowest BCUT2D eigenvalue weighted by Gasteiger charge is -2.05. The van der Waals surface area contributed by atoms with Crippen molar-refractivity contribution < 1.29 is 34.2 Å². The lowest BCUT2D eigenvalue weighted by molar-refractivity contribution is -0.535. The monoisotopic (exact) mass is 472 g/mol. The van der Waals surface area contributed by atoms with Gasteiger partial charge in [-0.1, -0.05) is 61.1 Å². The van der Waals surface area contributed by atoms with E-state index in [0.29, 0.717) is 0 Å². The van der Waals surface area contributed by atoms with Crippen molar-refractivity contribution in [2.24, 2.45) is 0 Å². The molecular weight excluding hydrogens is 451 g/mol. The van der Waals surface area contributed by atoms with Crippen LogP contribution in [0.2, 0.25) is 19.6 Å². The minimum absolute atomic E-state index is 0.0656. The van der Waals surface area contributed by atoms with E-state index in [9.17, 15) is 13.0 Å². The molecular formula is C18H21IO3SSi. The van der Waals surface area contributed by atoms with Gasteiger partial charge in [-0.2, -0.15) is 0 Å². The maximum absolute atomic E-state index is 10.4. The van der Waals surface area contributed by atoms with Crippen molar-refractivity contribution in [3.63, 3.8) is 0 Å². The molecule has 0 bridgehead atoms. The molecule has 0 radical (unpaired) electrons. The van der Waals surface area contributed by atoms with E-state index in [4.69, 9.17) is 0 Å². The zero-order valence-electron chi connectivity index (χ0n) is 14.2. The van der Waals surface area contributed by atoms with Gasteiger partial charge in [0.25, 0.3) is 0 Å². The van der Waals surface area contributed by atoms with Crippen LogP contribution in [0.3, 0.4) is 0 Å². The Labute approximate surface area is 156 Å². The van der Waals surface area contributed by atoms with Gasteiger partial charge in [-0.25, -0.2) is 8.42 Å². The Morgan fingerprint density at radius 2 is 1.50 bits per heavy atom. The summed E-state index contributed by atoms with van der Waals surface area (Å²) >= 11 is -0.0656. The molecule has 0 spiro atoms. The number of benzene rings is 2. The van der Waals surface area contributed by atoms with Gasteiger partial charge in [0, 0.05) is 0 Å². The third-order valence-corrected chi connectivity index (χ3v) is 6.74. The summed E-state index contributed by atoms with van der Waals surface area (Å²) in [4.78, 5) is -0.178. The Kier molecular flexibility index (Phi) is 8.16. The quantitative estimate of drug-likeness (QED) is 0.280. The third kappa shape index (κ3) is 9.23. The Balaban J connectivity index is 0.000000243. The Morgan fingerprint density at radius 1 is 0.958 bits per heavy atom. The molecule has 0 N–H and O–H groups in total. The van der Waals surface area contributed by atoms with Crippen molar-refractivity contribution in [3.05, 3.63) is 63.7 Å². The maximum atomic E-state index is 10.4. The minimum Gasteiger partial charge on any atom is -0.744 e. The van der Waals surface area contributed by atoms with E-state index in [0.717, 1.165) is 5.56 Å². The fourth-order valence-electron chi connectivity index (χ4n) is 1.40. The largest absolute Gasteiger partial charge is 0.744 e. The topological polar surface area (TPSA) is 57.2 Å². The van der Waals surface area contributed by atoms with Gasteiger partial charge in [-0.3, -0.25) is 0 Å². The standard InChI is InChI=1S/C11H14ISi.C7H8O3S/c1-13(2,3)10-9-12-11-7-5-4-6-8-11;1-6-2-4-7(5-3-6)11(8,9)10/h4-8H,1-3H3;2-5H,1H3,(H,8,9,10)/q+1;/p-1. The van der Waals surface area contributed by atoms with E-state index in [1.54, 1.807) is 12.1 Å². The summed E-state index contributed by atoms with van der Waals surface area (Å²) in [6.45, 7) is 8.68. The molecule has 2 aromatic carbocycles. The van der Waals surface area contributed by atoms with E-state index in [1.165, 1.54) is 15.7 Å². The van der Waals surface area contributed by atoms with Crippen LogP contribution in [0.4, 0.5) is 0 Å². The molecule has 0 saturated carbocycles. The van der Waals surface area contributed by atoms with E-state index >= 15 is 0 Å². The lowest BCUT2D eigenvalue weighted by Crippen LogP contribution is -3.59. The molecule has 0 aromatic heterocycles. The fraction of sp³-hybridized carbons (Fsp3) is 0.222. The van der Waals surface area contributed by atoms with Crippen LogP contribution in [0.25, 0.3) is 0 Å². The van der Waals surface area contributed by atoms with Gasteiger partial charge in [0.1, 0.15) is 18.2 Å². The van der Waals surface area contributed by atoms with Crippen LogP contribution >= 0.6 is 0 Å². The molecule has 0 aliphatic heterocycles. The highest BCUT2D eigenvalue weighted by molar-refractivity contribution is 7.85. The molecule has 2 rings (SSSR count). The Bertz CT molecular complexity index is 799. The van der Waals surface area contributed by atoms with Gasteiger partial charge in [-0.15, -0.1) is 0 Å². The van der Waals surface area contributed by atoms with Crippen molar-refractivity contribution >= 4 is 18.2 Å². The molecule has 0 amide bonds. The highest BCUT2D eigenvalue weighted by atomic mass is 127. The first-order valence-corrected chi connectivity index (χ1v) is 14.4. The van der Waals surface area contributed by atoms with Crippen LogP contribution in [0.1, 0.15) is 5.56 Å². The molecule has 0 aliphatic carbocycles. The first-order valence-electron chi connectivity index (χ1n) is 7.31. The van der Waals surface area contributed by atoms with Crippen LogP contribution in [0, 0.1) is 20.0 Å². The zero-order chi connectivity index (χ0) is 18.2. The predicted molar refractivity (Wildman–Crippen MR) is 95.4 cm³/mol. The summed E-state index contributed by atoms with van der Waals surface area (Å²) in [6.07, 6.45) is 0. The number of aryl methyl sites for hydroxylation is 1. The van der Waals surface area contributed by atoms with Crippen LogP contribution < -0.4 is 21.2 Å². The molecule has 0 atom stereocenters. The van der Waals surface area contributed by atoms with Crippen LogP contribution in [-0.2, 0) is 10.1 Å². The third-order valence-electron chi connectivity index (χ3n) is 2.62. The molecule has 3 nitrogen and oxygen atoms in total. The summed E-state index contributed by atoms with van der Waals surface area (Å²) in [5.74, 6) is 0. The molecule has 0 unspecified atom stereocenters. The van der Waals surface area contributed by atoms with Gasteiger partial charge in [0.2, 0.25) is 3.57 Å². The molecule has 2 aromatic rings. The molecule has 0 fully saturated rings. The molecule has 0 saturated heterocycles. The van der Waals surface area contributed by atoms with Crippen molar-refractivity contribution in [3.8, 4) is 9.47 Å². The van der Waals surface area contributed by atoms with Gasteiger partial charge in [0.05, 0.1) is 4.90 Å². The van der Waals surface area contributed by atoms with E-state index in [1.807, 2.05) is 6.92 Å². The normalized spacial score (nSPS) is 10.9. The second-order valence-electron chi connectivity index (χ2n) is 6.13. The van der Waals surface area contributed by atoms with Crippen LogP contribution in [-0.4, -0.2) is 21.0 Å². The average molecular weight is 472 g/mol. The summed E-state index contributed by atoms with van der Waals surface area (Å²) in [7, 11) is -5.41. The van der Waals surface area contributed by atoms with Crippen molar-refractivity contribution in [2.75, 3.05) is 0 Å². The minimum atomic E-state index is -4.27. The van der Waals surface area contributed by atoms with Gasteiger partial charge in [0.15, 0.2) is 3.93 Å². The number of hydrogen-bond donors (Lipinski definition) is 0. The highest BCUT2D eigenvalue weighted by Gasteiger charge is 2.12. The summed E-state index contributed by atoms with van der Waals surface area (Å²) in [6, 6.07) is 16.4. The second kappa shape index (κ2) is 9.37. The van der Waals surface area contributed by atoms with Gasteiger partial charge < -0.3 is 4.55 Å². The molecule has 0 heterocycles. The number of rotatable bonds is 2. The van der Waals surface area contributed by atoms with Gasteiger partial charge >= 0.3 is 21.2 Å². The average Bonchev–Trinajstić information content (AvgIpc) is 2.47. The zero-order valence-corrected chi connectivity index (χ0v) is 18.2. The molecule has 24 heavy (non-hydrogen) atoms. The van der Waals surface area contributed by atoms with Gasteiger partial charge in [-0.05, 0) is 31.2 Å². The molecule has 128 valence electrons. The Morgan fingerprint density at radius 3 is 1.96 bits per heavy atom. The Hall–Kier alpha value is -1.14. The van der Waals surface area contributed by atoms with Crippen LogP contribution in [0.15, 0.2) is 59.5 Å². The second-order valence-corrected chi connectivity index (χ2v) is 14.6. The fourth-order valence-corrected chi connectivity index (χ4v) is 6.12. The van der Waals surface area contributed by atoms with Crippen molar-refractivity contribution in [2.45, 2.75) is 31.5 Å². The first kappa shape index (κ1) is 20.9. The van der Waals surface area contributed by atoms with E-state index < -0.39 is 18.2 Å². The van der Waals surface area contributed by atoms with E-state index in [2.05, 4.69) is 59.4 Å². The van der Waals surface area contributed by atoms with Crippen molar-refractivity contribution in [1.29, 1.82) is 0 Å².